The summed E-state index contributed by atoms with van der Waals surface area (Å²) in [6.07, 6.45) is 0. The fourth-order valence-electron chi connectivity index (χ4n) is 2.34. The fourth-order valence-corrected chi connectivity index (χ4v) is 2.34. The first-order valence-corrected chi connectivity index (χ1v) is 7.94. The average molecular weight is 313 g/mol. The molecule has 1 aromatic carbocycles. The zero-order valence-corrected chi connectivity index (χ0v) is 14.9. The highest BCUT2D eigenvalue weighted by Gasteiger charge is 2.17. The van der Waals surface area contributed by atoms with E-state index < -0.39 is 0 Å². The zero-order valence-electron chi connectivity index (χ0n) is 14.9. The van der Waals surface area contributed by atoms with Gasteiger partial charge < -0.3 is 5.73 Å². The first-order chi connectivity index (χ1) is 10.7. The number of benzene rings is 1. The summed E-state index contributed by atoms with van der Waals surface area (Å²) < 4.78 is 0. The summed E-state index contributed by atoms with van der Waals surface area (Å²) in [7, 11) is 0. The van der Waals surface area contributed by atoms with Crippen molar-refractivity contribution in [3.63, 3.8) is 0 Å². The van der Waals surface area contributed by atoms with Crippen LogP contribution in [0.5, 0.6) is 0 Å². The van der Waals surface area contributed by atoms with Crippen LogP contribution in [0.1, 0.15) is 76.0 Å². The summed E-state index contributed by atoms with van der Waals surface area (Å²) in [6, 6.07) is 6.22. The van der Waals surface area contributed by atoms with Crippen molar-refractivity contribution in [3.05, 3.63) is 28.8 Å². The number of nitrogens with zero attached hydrogens (tertiary/aromatic N) is 2. The van der Waals surface area contributed by atoms with Crippen LogP contribution in [0.3, 0.4) is 0 Å². The van der Waals surface area contributed by atoms with Crippen molar-refractivity contribution in [2.75, 3.05) is 5.43 Å². The van der Waals surface area contributed by atoms with Gasteiger partial charge in [0.25, 0.3) is 0 Å². The van der Waals surface area contributed by atoms with E-state index in [2.05, 4.69) is 64.2 Å². The molecule has 0 saturated carbocycles. The third-order valence-electron chi connectivity index (χ3n) is 3.77. The van der Waals surface area contributed by atoms with Crippen molar-refractivity contribution in [3.8, 4) is 6.07 Å². The summed E-state index contributed by atoms with van der Waals surface area (Å²) in [5.74, 6) is 0.726. The monoisotopic (exact) mass is 313 g/mol. The molecule has 5 heteroatoms. The van der Waals surface area contributed by atoms with E-state index >= 15 is 0 Å². The van der Waals surface area contributed by atoms with Gasteiger partial charge in [0.15, 0.2) is 5.84 Å². The highest BCUT2D eigenvalue weighted by Crippen LogP contribution is 2.35. The average Bonchev–Trinajstić information content (AvgIpc) is 2.46. The van der Waals surface area contributed by atoms with Gasteiger partial charge in [-0.15, -0.1) is 0 Å². The topological polar surface area (TPSA) is 98.0 Å². The molecule has 1 aromatic rings. The second-order valence-electron chi connectivity index (χ2n) is 6.64. The van der Waals surface area contributed by atoms with Crippen LogP contribution in [-0.2, 0) is 0 Å². The first kappa shape index (κ1) is 18.7. The quantitative estimate of drug-likeness (QED) is 0.415. The van der Waals surface area contributed by atoms with Gasteiger partial charge in [-0.05, 0) is 34.4 Å². The van der Waals surface area contributed by atoms with Crippen molar-refractivity contribution in [1.82, 2.24) is 0 Å². The van der Waals surface area contributed by atoms with Gasteiger partial charge in [-0.2, -0.15) is 10.4 Å². The summed E-state index contributed by atoms with van der Waals surface area (Å²) in [5.41, 5.74) is 12.8. The largest absolute Gasteiger partial charge is 0.382 e. The molecule has 124 valence electrons. The minimum atomic E-state index is -0.337. The highest BCUT2D eigenvalue weighted by molar-refractivity contribution is 6.45. The van der Waals surface area contributed by atoms with Gasteiger partial charge in [0.1, 0.15) is 6.07 Å². The molecule has 0 radical (unpaired) electrons. The van der Waals surface area contributed by atoms with Gasteiger partial charge in [-0.3, -0.25) is 10.8 Å². The number of anilines is 1. The standard InChI is InChI=1S/C18H27N5/c1-10(2)13-7-14(11(3)4)17(15(8-13)12(5)6)23-22-16(9-19)18(20)21/h7-8,10-12,23H,1-6H3,(H3,20,21)/b22-16+. The van der Waals surface area contributed by atoms with Crippen molar-refractivity contribution in [2.45, 2.75) is 59.3 Å². The second kappa shape index (κ2) is 7.77. The van der Waals surface area contributed by atoms with E-state index in [0.29, 0.717) is 17.8 Å². The SMILES string of the molecule is CC(C)c1cc(C(C)C)c(N/N=C(\C#N)C(=N)N)c(C(C)C)c1. The molecule has 5 nitrogen and oxygen atoms in total. The van der Waals surface area contributed by atoms with Crippen LogP contribution >= 0.6 is 0 Å². The molecule has 0 saturated heterocycles. The van der Waals surface area contributed by atoms with E-state index in [4.69, 9.17) is 16.4 Å². The van der Waals surface area contributed by atoms with Gasteiger partial charge >= 0.3 is 0 Å². The Kier molecular flexibility index (Phi) is 6.32. The number of hydrogen-bond acceptors (Lipinski definition) is 4. The summed E-state index contributed by atoms with van der Waals surface area (Å²) >= 11 is 0. The molecule has 0 aliphatic heterocycles. The molecule has 0 aliphatic carbocycles. The molecular formula is C18H27N5. The summed E-state index contributed by atoms with van der Waals surface area (Å²) in [6.45, 7) is 12.9. The van der Waals surface area contributed by atoms with E-state index in [1.54, 1.807) is 0 Å². The lowest BCUT2D eigenvalue weighted by molar-refractivity contribution is 0.805. The third kappa shape index (κ3) is 4.56. The maximum atomic E-state index is 9.01. The predicted octanol–water partition coefficient (Wildman–Crippen LogP) is 4.28. The van der Waals surface area contributed by atoms with Crippen LogP contribution in [0.4, 0.5) is 5.69 Å². The van der Waals surface area contributed by atoms with Crippen molar-refractivity contribution < 1.29 is 0 Å². The molecule has 0 unspecified atom stereocenters. The molecule has 0 heterocycles. The van der Waals surface area contributed by atoms with Crippen LogP contribution in [0, 0.1) is 16.7 Å². The van der Waals surface area contributed by atoms with Crippen molar-refractivity contribution >= 4 is 17.2 Å². The number of hydrazone groups is 1. The number of nitriles is 1. The molecule has 4 N–H and O–H groups in total. The minimum Gasteiger partial charge on any atom is -0.382 e. The Morgan fingerprint density at radius 3 is 1.87 bits per heavy atom. The maximum Gasteiger partial charge on any atom is 0.201 e. The Balaban J connectivity index is 3.50. The van der Waals surface area contributed by atoms with Crippen LogP contribution in [0.25, 0.3) is 0 Å². The number of nitrogens with one attached hydrogen (secondary N) is 2. The maximum absolute atomic E-state index is 9.01. The molecule has 1 rings (SSSR count). The Morgan fingerprint density at radius 1 is 1.09 bits per heavy atom. The molecule has 0 spiro atoms. The van der Waals surface area contributed by atoms with E-state index in [1.165, 1.54) is 5.56 Å². The number of hydrogen-bond donors (Lipinski definition) is 3. The molecular weight excluding hydrogens is 286 g/mol. The second-order valence-corrected chi connectivity index (χ2v) is 6.64. The summed E-state index contributed by atoms with van der Waals surface area (Å²) in [5, 5.41) is 20.4. The molecule has 0 fully saturated rings. The Bertz CT molecular complexity index is 619. The lowest BCUT2D eigenvalue weighted by Gasteiger charge is -2.22. The molecule has 0 aliphatic rings. The predicted molar refractivity (Wildman–Crippen MR) is 97.3 cm³/mol. The third-order valence-corrected chi connectivity index (χ3v) is 3.77. The number of amidine groups is 1. The zero-order chi connectivity index (χ0) is 17.7. The van der Waals surface area contributed by atoms with Gasteiger partial charge in [-0.1, -0.05) is 53.7 Å². The Hall–Kier alpha value is -2.35. The van der Waals surface area contributed by atoms with Gasteiger partial charge in [0.2, 0.25) is 5.71 Å². The first-order valence-electron chi connectivity index (χ1n) is 7.94. The molecule has 23 heavy (non-hydrogen) atoms. The van der Waals surface area contributed by atoms with Gasteiger partial charge in [0.05, 0.1) is 5.69 Å². The Morgan fingerprint density at radius 2 is 1.57 bits per heavy atom. The smallest absolute Gasteiger partial charge is 0.201 e. The van der Waals surface area contributed by atoms with E-state index in [0.717, 1.165) is 16.8 Å². The molecule has 0 aromatic heterocycles. The van der Waals surface area contributed by atoms with Crippen LogP contribution in [-0.4, -0.2) is 11.5 Å². The fraction of sp³-hybridized carbons (Fsp3) is 0.500. The highest BCUT2D eigenvalue weighted by atomic mass is 15.3. The van der Waals surface area contributed by atoms with Crippen LogP contribution in [0.15, 0.2) is 17.2 Å². The van der Waals surface area contributed by atoms with Crippen molar-refractivity contribution in [2.24, 2.45) is 10.8 Å². The lowest BCUT2D eigenvalue weighted by Crippen LogP contribution is -2.22. The Labute approximate surface area is 139 Å². The number of nitrogens with two attached hydrogens (primary N) is 1. The van der Waals surface area contributed by atoms with E-state index in [-0.39, 0.29) is 11.5 Å². The number of rotatable bonds is 6. The normalized spacial score (nSPS) is 11.9. The van der Waals surface area contributed by atoms with Crippen LogP contribution in [0.2, 0.25) is 0 Å². The lowest BCUT2D eigenvalue weighted by atomic mass is 9.87. The minimum absolute atomic E-state index is 0.109. The molecule has 0 amide bonds. The van der Waals surface area contributed by atoms with E-state index in [9.17, 15) is 0 Å². The van der Waals surface area contributed by atoms with E-state index in [1.807, 2.05) is 6.07 Å². The van der Waals surface area contributed by atoms with Gasteiger partial charge in [-0.25, -0.2) is 0 Å². The molecule has 0 atom stereocenters. The summed E-state index contributed by atoms with van der Waals surface area (Å²) in [4.78, 5) is 0. The molecule has 0 bridgehead atoms. The van der Waals surface area contributed by atoms with Crippen molar-refractivity contribution in [1.29, 1.82) is 10.7 Å². The van der Waals surface area contributed by atoms with Crippen LogP contribution < -0.4 is 11.2 Å². The van der Waals surface area contributed by atoms with Gasteiger partial charge in [0, 0.05) is 0 Å².